The van der Waals surface area contributed by atoms with Crippen molar-refractivity contribution in [1.82, 2.24) is 4.90 Å². The molecule has 0 amide bonds. The third kappa shape index (κ3) is 2.66. The summed E-state index contributed by atoms with van der Waals surface area (Å²) in [6.07, 6.45) is 2.60. The molecule has 19 heavy (non-hydrogen) atoms. The van der Waals surface area contributed by atoms with Crippen molar-refractivity contribution in [2.45, 2.75) is 12.8 Å². The number of hydrogen-bond donors (Lipinski definition) is 1. The molecule has 3 rings (SSSR count). The Morgan fingerprint density at radius 3 is 2.95 bits per heavy atom. The van der Waals surface area contributed by atoms with E-state index in [4.69, 9.17) is 14.7 Å². The maximum atomic E-state index is 8.82. The van der Waals surface area contributed by atoms with Crippen LogP contribution >= 0.6 is 0 Å². The molecule has 0 atom stereocenters. The van der Waals surface area contributed by atoms with Gasteiger partial charge in [0, 0.05) is 18.2 Å². The number of likely N-dealkylation sites (tertiary alicyclic amines) is 1. The van der Waals surface area contributed by atoms with E-state index in [2.05, 4.69) is 10.1 Å². The van der Waals surface area contributed by atoms with Crippen LogP contribution in [0.25, 0.3) is 0 Å². The minimum atomic E-state index is 0.322. The van der Waals surface area contributed by atoms with Crippen molar-refractivity contribution in [1.29, 1.82) is 0 Å². The normalized spacial score (nSPS) is 20.5. The molecule has 0 unspecified atom stereocenters. The number of benzene rings is 1. The second-order valence-electron chi connectivity index (χ2n) is 4.89. The summed E-state index contributed by atoms with van der Waals surface area (Å²) in [6.45, 7) is 4.37. The van der Waals surface area contributed by atoms with Gasteiger partial charge in [0.15, 0.2) is 0 Å². The van der Waals surface area contributed by atoms with Crippen molar-refractivity contribution in [2.75, 3.05) is 32.8 Å². The predicted octanol–water partition coefficient (Wildman–Crippen LogP) is 1.73. The van der Waals surface area contributed by atoms with Gasteiger partial charge in [0.25, 0.3) is 0 Å². The Hall–Kier alpha value is -1.75. The average molecular weight is 262 g/mol. The highest BCUT2D eigenvalue weighted by Gasteiger charge is 2.20. The van der Waals surface area contributed by atoms with E-state index in [1.54, 1.807) is 0 Å². The van der Waals surface area contributed by atoms with Crippen LogP contribution in [0.4, 0.5) is 0 Å². The number of oxime groups is 1. The van der Waals surface area contributed by atoms with E-state index >= 15 is 0 Å². The van der Waals surface area contributed by atoms with Crippen LogP contribution in [0.5, 0.6) is 11.5 Å². The first-order valence-corrected chi connectivity index (χ1v) is 6.70. The van der Waals surface area contributed by atoms with Crippen LogP contribution in [0, 0.1) is 0 Å². The molecule has 2 aliphatic rings. The Balaban J connectivity index is 1.57. The Morgan fingerprint density at radius 1 is 1.32 bits per heavy atom. The molecular weight excluding hydrogens is 244 g/mol. The van der Waals surface area contributed by atoms with Crippen molar-refractivity contribution in [2.24, 2.45) is 5.16 Å². The van der Waals surface area contributed by atoms with Crippen LogP contribution < -0.4 is 9.47 Å². The summed E-state index contributed by atoms with van der Waals surface area (Å²) in [7, 11) is 0. The Morgan fingerprint density at radius 2 is 2.16 bits per heavy atom. The summed E-state index contributed by atoms with van der Waals surface area (Å²) in [5.74, 6) is 1.53. The van der Waals surface area contributed by atoms with Crippen molar-refractivity contribution in [3.8, 4) is 11.5 Å². The van der Waals surface area contributed by atoms with Gasteiger partial charge < -0.3 is 14.7 Å². The summed E-state index contributed by atoms with van der Waals surface area (Å²) in [5, 5.41) is 12.0. The number of ether oxygens (including phenoxy) is 2. The molecule has 0 aromatic heterocycles. The highest BCUT2D eigenvalue weighted by molar-refractivity contribution is 6.05. The van der Waals surface area contributed by atoms with Gasteiger partial charge in [0.2, 0.25) is 0 Å². The maximum absolute atomic E-state index is 8.82. The molecule has 2 heterocycles. The van der Waals surface area contributed by atoms with Crippen LogP contribution in [0.1, 0.15) is 18.4 Å². The molecule has 0 spiro atoms. The van der Waals surface area contributed by atoms with E-state index in [1.165, 1.54) is 25.9 Å². The molecule has 1 aromatic rings. The van der Waals surface area contributed by atoms with E-state index in [-0.39, 0.29) is 0 Å². The Kier molecular flexibility index (Phi) is 3.55. The lowest BCUT2D eigenvalue weighted by molar-refractivity contribution is 0.237. The van der Waals surface area contributed by atoms with E-state index in [9.17, 15) is 0 Å². The van der Waals surface area contributed by atoms with Gasteiger partial charge in [0.05, 0.1) is 0 Å². The monoisotopic (exact) mass is 262 g/mol. The van der Waals surface area contributed by atoms with Crippen LogP contribution in [0.15, 0.2) is 23.4 Å². The first-order valence-electron chi connectivity index (χ1n) is 6.70. The number of nitrogens with zero attached hydrogens (tertiary/aromatic N) is 2. The van der Waals surface area contributed by atoms with E-state index < -0.39 is 0 Å². The number of fused-ring (bicyclic) bond motifs is 1. The van der Waals surface area contributed by atoms with Crippen LogP contribution in [0.2, 0.25) is 0 Å². The summed E-state index contributed by atoms with van der Waals surface area (Å²) >= 11 is 0. The van der Waals surface area contributed by atoms with E-state index in [1.807, 2.05) is 18.2 Å². The molecule has 1 aromatic carbocycles. The molecule has 0 radical (unpaired) electrons. The van der Waals surface area contributed by atoms with Crippen LogP contribution in [0.3, 0.4) is 0 Å². The zero-order valence-electron chi connectivity index (χ0n) is 10.8. The van der Waals surface area contributed by atoms with E-state index in [0.29, 0.717) is 18.9 Å². The highest BCUT2D eigenvalue weighted by atomic mass is 16.5. The number of hydrogen-bond acceptors (Lipinski definition) is 5. The summed E-state index contributed by atoms with van der Waals surface area (Å²) in [5.41, 5.74) is 1.41. The Labute approximate surface area is 112 Å². The Bertz CT molecular complexity index is 482. The molecule has 1 fully saturated rings. The standard InChI is InChI=1S/C14H18N2O3/c17-15-13-10-19-14-9-11(3-4-12(13)14)18-8-7-16-5-1-2-6-16/h3-4,9,17H,1-2,5-8,10H2/b15-13-. The lowest BCUT2D eigenvalue weighted by Crippen LogP contribution is -2.25. The van der Waals surface area contributed by atoms with Gasteiger partial charge in [-0.3, -0.25) is 4.90 Å². The summed E-state index contributed by atoms with van der Waals surface area (Å²) in [4.78, 5) is 2.42. The molecule has 5 nitrogen and oxygen atoms in total. The fourth-order valence-electron chi connectivity index (χ4n) is 2.56. The highest BCUT2D eigenvalue weighted by Crippen LogP contribution is 2.29. The van der Waals surface area contributed by atoms with Gasteiger partial charge in [-0.05, 0) is 38.1 Å². The second-order valence-corrected chi connectivity index (χ2v) is 4.89. The third-order valence-corrected chi connectivity index (χ3v) is 3.62. The largest absolute Gasteiger partial charge is 0.492 e. The lowest BCUT2D eigenvalue weighted by atomic mass is 10.1. The molecule has 5 heteroatoms. The number of rotatable bonds is 4. The summed E-state index contributed by atoms with van der Waals surface area (Å²) < 4.78 is 11.2. The minimum Gasteiger partial charge on any atom is -0.492 e. The van der Waals surface area contributed by atoms with Crippen molar-refractivity contribution < 1.29 is 14.7 Å². The molecule has 1 N–H and O–H groups in total. The zero-order chi connectivity index (χ0) is 13.1. The smallest absolute Gasteiger partial charge is 0.134 e. The molecule has 0 aliphatic carbocycles. The fourth-order valence-corrected chi connectivity index (χ4v) is 2.56. The molecule has 0 saturated carbocycles. The van der Waals surface area contributed by atoms with Crippen LogP contribution in [-0.4, -0.2) is 48.7 Å². The second kappa shape index (κ2) is 5.48. The third-order valence-electron chi connectivity index (χ3n) is 3.62. The fraction of sp³-hybridized carbons (Fsp3) is 0.500. The molecular formula is C14H18N2O3. The lowest BCUT2D eigenvalue weighted by Gasteiger charge is -2.15. The first kappa shape index (κ1) is 12.3. The average Bonchev–Trinajstić information content (AvgIpc) is 3.07. The minimum absolute atomic E-state index is 0.322. The molecule has 0 bridgehead atoms. The van der Waals surface area contributed by atoms with Crippen molar-refractivity contribution in [3.05, 3.63) is 23.8 Å². The maximum Gasteiger partial charge on any atom is 0.134 e. The van der Waals surface area contributed by atoms with Gasteiger partial charge >= 0.3 is 0 Å². The van der Waals surface area contributed by atoms with E-state index in [0.717, 1.165) is 23.6 Å². The zero-order valence-corrected chi connectivity index (χ0v) is 10.8. The topological polar surface area (TPSA) is 54.3 Å². The molecule has 102 valence electrons. The van der Waals surface area contributed by atoms with Crippen molar-refractivity contribution in [3.63, 3.8) is 0 Å². The quantitative estimate of drug-likeness (QED) is 0.663. The van der Waals surface area contributed by atoms with Crippen LogP contribution in [-0.2, 0) is 0 Å². The SMILES string of the molecule is O/N=C1/COc2cc(OCCN3CCCC3)ccc21. The molecule has 1 saturated heterocycles. The van der Waals surface area contributed by atoms with Gasteiger partial charge in [-0.2, -0.15) is 0 Å². The van der Waals surface area contributed by atoms with Gasteiger partial charge in [-0.25, -0.2) is 0 Å². The van der Waals surface area contributed by atoms with Crippen molar-refractivity contribution >= 4 is 5.71 Å². The van der Waals surface area contributed by atoms with Gasteiger partial charge in [-0.1, -0.05) is 5.16 Å². The first-order chi connectivity index (χ1) is 9.36. The van der Waals surface area contributed by atoms with Gasteiger partial charge in [-0.15, -0.1) is 0 Å². The van der Waals surface area contributed by atoms with Gasteiger partial charge in [0.1, 0.15) is 30.4 Å². The predicted molar refractivity (Wildman–Crippen MR) is 71.4 cm³/mol. The summed E-state index contributed by atoms with van der Waals surface area (Å²) in [6, 6.07) is 5.63. The molecule has 2 aliphatic heterocycles.